The molecule has 1 aromatic carbocycles. The molecule has 0 amide bonds. The van der Waals surface area contributed by atoms with Gasteiger partial charge in [-0.05, 0) is 49.7 Å². The zero-order valence-corrected chi connectivity index (χ0v) is 9.26. The summed E-state index contributed by atoms with van der Waals surface area (Å²) in [6.07, 6.45) is 4.74. The molecule has 2 saturated carbocycles. The Labute approximate surface area is 95.6 Å². The Morgan fingerprint density at radius 3 is 2.25 bits per heavy atom. The van der Waals surface area contributed by atoms with Crippen LogP contribution in [0.2, 0.25) is 0 Å². The zero-order chi connectivity index (χ0) is 11.0. The third-order valence-electron chi connectivity index (χ3n) is 4.04. The van der Waals surface area contributed by atoms with Crippen LogP contribution in [-0.4, -0.2) is 5.97 Å². The van der Waals surface area contributed by atoms with Gasteiger partial charge in [-0.1, -0.05) is 18.2 Å². The Morgan fingerprint density at radius 2 is 1.69 bits per heavy atom. The number of rotatable bonds is 2. The van der Waals surface area contributed by atoms with Crippen LogP contribution in [0, 0.1) is 17.8 Å². The molecule has 3 rings (SSSR count). The van der Waals surface area contributed by atoms with Gasteiger partial charge in [0.05, 0.1) is 5.92 Å². The fourth-order valence-corrected chi connectivity index (χ4v) is 2.97. The number of hydrogen-bond acceptors (Lipinski definition) is 2. The van der Waals surface area contributed by atoms with Crippen LogP contribution < -0.4 is 4.74 Å². The van der Waals surface area contributed by atoms with Gasteiger partial charge in [0.15, 0.2) is 0 Å². The molecule has 0 radical (unpaired) electrons. The SMILES string of the molecule is O=C(Oc1ccccc1)C1CC2CCC2C1. The molecule has 0 aliphatic heterocycles. The smallest absolute Gasteiger partial charge is 0.314 e. The quantitative estimate of drug-likeness (QED) is 0.561. The second kappa shape index (κ2) is 3.93. The number of carbonyl (C=O) groups is 1. The molecule has 0 saturated heterocycles. The highest BCUT2D eigenvalue weighted by atomic mass is 16.5. The fourth-order valence-electron chi connectivity index (χ4n) is 2.97. The average Bonchev–Trinajstić information content (AvgIpc) is 2.56. The van der Waals surface area contributed by atoms with E-state index < -0.39 is 0 Å². The molecule has 84 valence electrons. The van der Waals surface area contributed by atoms with Crippen LogP contribution >= 0.6 is 0 Å². The van der Waals surface area contributed by atoms with Crippen molar-refractivity contribution in [2.45, 2.75) is 25.7 Å². The minimum Gasteiger partial charge on any atom is -0.426 e. The van der Waals surface area contributed by atoms with Gasteiger partial charge in [-0.15, -0.1) is 0 Å². The van der Waals surface area contributed by atoms with Gasteiger partial charge >= 0.3 is 5.97 Å². The van der Waals surface area contributed by atoms with Crippen molar-refractivity contribution in [3.05, 3.63) is 30.3 Å². The number of para-hydroxylation sites is 1. The molecule has 2 atom stereocenters. The summed E-state index contributed by atoms with van der Waals surface area (Å²) in [5, 5.41) is 0. The summed E-state index contributed by atoms with van der Waals surface area (Å²) in [5.41, 5.74) is 0. The second-order valence-electron chi connectivity index (χ2n) is 5.00. The van der Waals surface area contributed by atoms with Crippen LogP contribution in [0.4, 0.5) is 0 Å². The Bertz CT molecular complexity index is 373. The van der Waals surface area contributed by atoms with Crippen molar-refractivity contribution in [1.82, 2.24) is 0 Å². The predicted molar refractivity (Wildman–Crippen MR) is 61.0 cm³/mol. The molecular formula is C14H16O2. The molecule has 0 bridgehead atoms. The molecule has 1 aromatic rings. The Hall–Kier alpha value is -1.31. The molecule has 16 heavy (non-hydrogen) atoms. The maximum absolute atomic E-state index is 11.9. The van der Waals surface area contributed by atoms with Crippen molar-refractivity contribution in [2.75, 3.05) is 0 Å². The summed E-state index contributed by atoms with van der Waals surface area (Å²) in [4.78, 5) is 11.9. The predicted octanol–water partition coefficient (Wildman–Crippen LogP) is 3.03. The standard InChI is InChI=1S/C14H16O2/c15-14(16-13-4-2-1-3-5-13)12-8-10-6-7-11(10)9-12/h1-5,10-12H,6-9H2. The lowest BCUT2D eigenvalue weighted by molar-refractivity contribution is -0.138. The van der Waals surface area contributed by atoms with Gasteiger partial charge in [-0.25, -0.2) is 0 Å². The third kappa shape index (κ3) is 1.73. The molecular weight excluding hydrogens is 200 g/mol. The van der Waals surface area contributed by atoms with Gasteiger partial charge in [0.1, 0.15) is 5.75 Å². The number of carbonyl (C=O) groups excluding carboxylic acids is 1. The van der Waals surface area contributed by atoms with Crippen LogP contribution in [0.3, 0.4) is 0 Å². The topological polar surface area (TPSA) is 26.3 Å². The summed E-state index contributed by atoms with van der Waals surface area (Å²) in [5.74, 6) is 2.42. The molecule has 0 heterocycles. The van der Waals surface area contributed by atoms with Gasteiger partial charge in [0.25, 0.3) is 0 Å². The maximum Gasteiger partial charge on any atom is 0.314 e. The van der Waals surface area contributed by atoms with E-state index >= 15 is 0 Å². The molecule has 2 aliphatic rings. The summed E-state index contributed by atoms with van der Waals surface area (Å²) in [6.45, 7) is 0. The molecule has 0 spiro atoms. The average molecular weight is 216 g/mol. The lowest BCUT2D eigenvalue weighted by Crippen LogP contribution is -2.18. The lowest BCUT2D eigenvalue weighted by atomic mass is 9.77. The van der Waals surface area contributed by atoms with Crippen molar-refractivity contribution in [3.63, 3.8) is 0 Å². The van der Waals surface area contributed by atoms with Crippen LogP contribution in [0.1, 0.15) is 25.7 Å². The van der Waals surface area contributed by atoms with E-state index in [1.54, 1.807) is 0 Å². The number of hydrogen-bond donors (Lipinski definition) is 0. The molecule has 2 unspecified atom stereocenters. The monoisotopic (exact) mass is 216 g/mol. The zero-order valence-electron chi connectivity index (χ0n) is 9.26. The molecule has 0 aromatic heterocycles. The Balaban J connectivity index is 1.61. The van der Waals surface area contributed by atoms with E-state index in [2.05, 4.69) is 0 Å². The maximum atomic E-state index is 11.9. The molecule has 0 N–H and O–H groups in total. The van der Waals surface area contributed by atoms with E-state index in [4.69, 9.17) is 4.74 Å². The van der Waals surface area contributed by atoms with Crippen LogP contribution in [0.25, 0.3) is 0 Å². The van der Waals surface area contributed by atoms with Gasteiger partial charge in [-0.2, -0.15) is 0 Å². The highest BCUT2D eigenvalue weighted by molar-refractivity contribution is 5.75. The summed E-state index contributed by atoms with van der Waals surface area (Å²) in [7, 11) is 0. The van der Waals surface area contributed by atoms with E-state index in [1.165, 1.54) is 12.8 Å². The first kappa shape index (κ1) is 9.88. The number of esters is 1. The van der Waals surface area contributed by atoms with Crippen LogP contribution in [0.15, 0.2) is 30.3 Å². The number of ether oxygens (including phenoxy) is 1. The van der Waals surface area contributed by atoms with E-state index in [1.807, 2.05) is 30.3 Å². The first-order valence-electron chi connectivity index (χ1n) is 6.09. The van der Waals surface area contributed by atoms with Crippen molar-refractivity contribution in [3.8, 4) is 5.75 Å². The van der Waals surface area contributed by atoms with E-state index in [0.29, 0.717) is 5.75 Å². The first-order chi connectivity index (χ1) is 7.83. The largest absolute Gasteiger partial charge is 0.426 e. The van der Waals surface area contributed by atoms with Crippen molar-refractivity contribution >= 4 is 5.97 Å². The number of benzene rings is 1. The fraction of sp³-hybridized carbons (Fsp3) is 0.500. The minimum atomic E-state index is -0.0272. The normalized spacial score (nSPS) is 31.6. The van der Waals surface area contributed by atoms with Crippen molar-refractivity contribution in [1.29, 1.82) is 0 Å². The lowest BCUT2D eigenvalue weighted by Gasteiger charge is -2.29. The van der Waals surface area contributed by atoms with Crippen LogP contribution in [-0.2, 0) is 4.79 Å². The summed E-state index contributed by atoms with van der Waals surface area (Å²) < 4.78 is 5.38. The second-order valence-corrected chi connectivity index (χ2v) is 5.00. The van der Waals surface area contributed by atoms with Crippen LogP contribution in [0.5, 0.6) is 5.75 Å². The van der Waals surface area contributed by atoms with Crippen molar-refractivity contribution in [2.24, 2.45) is 17.8 Å². The highest BCUT2D eigenvalue weighted by Crippen LogP contribution is 2.49. The molecule has 2 nitrogen and oxygen atoms in total. The Morgan fingerprint density at radius 1 is 1.06 bits per heavy atom. The van der Waals surface area contributed by atoms with E-state index in [0.717, 1.165) is 24.7 Å². The minimum absolute atomic E-state index is 0.0272. The molecule has 2 fully saturated rings. The van der Waals surface area contributed by atoms with Gasteiger partial charge in [0, 0.05) is 0 Å². The number of fused-ring (bicyclic) bond motifs is 1. The van der Waals surface area contributed by atoms with Gasteiger partial charge < -0.3 is 4.74 Å². The highest BCUT2D eigenvalue weighted by Gasteiger charge is 2.43. The van der Waals surface area contributed by atoms with E-state index in [9.17, 15) is 4.79 Å². The van der Waals surface area contributed by atoms with Gasteiger partial charge in [0.2, 0.25) is 0 Å². The Kier molecular flexibility index (Phi) is 2.43. The van der Waals surface area contributed by atoms with E-state index in [-0.39, 0.29) is 11.9 Å². The third-order valence-corrected chi connectivity index (χ3v) is 4.04. The summed E-state index contributed by atoms with van der Waals surface area (Å²) in [6, 6.07) is 9.37. The first-order valence-corrected chi connectivity index (χ1v) is 6.09. The molecule has 2 aliphatic carbocycles. The summed E-state index contributed by atoms with van der Waals surface area (Å²) >= 11 is 0. The van der Waals surface area contributed by atoms with Crippen molar-refractivity contribution < 1.29 is 9.53 Å². The molecule has 2 heteroatoms. The van der Waals surface area contributed by atoms with Gasteiger partial charge in [-0.3, -0.25) is 4.79 Å².